The highest BCUT2D eigenvalue weighted by Gasteiger charge is 2.49. The van der Waals surface area contributed by atoms with Gasteiger partial charge in [-0.2, -0.15) is 0 Å². The Kier molecular flexibility index (Phi) is 5.88. The van der Waals surface area contributed by atoms with E-state index in [0.29, 0.717) is 12.1 Å². The first-order chi connectivity index (χ1) is 14.5. The van der Waals surface area contributed by atoms with Crippen LogP contribution < -0.4 is 5.32 Å². The fraction of sp³-hybridized carbons (Fsp3) is 0.417. The number of nitrogens with one attached hydrogen (secondary N) is 1. The molecule has 0 saturated carbocycles. The van der Waals surface area contributed by atoms with Crippen molar-refractivity contribution in [3.63, 3.8) is 0 Å². The number of esters is 1. The van der Waals surface area contributed by atoms with Crippen molar-refractivity contribution >= 4 is 11.9 Å². The number of carbonyl (C=O) groups is 2. The molecular formula is C24H29N3O3. The Morgan fingerprint density at radius 2 is 1.77 bits per heavy atom. The van der Waals surface area contributed by atoms with Crippen molar-refractivity contribution < 1.29 is 14.3 Å². The molecule has 30 heavy (non-hydrogen) atoms. The van der Waals surface area contributed by atoms with E-state index in [4.69, 9.17) is 4.74 Å². The quantitative estimate of drug-likeness (QED) is 0.773. The average molecular weight is 408 g/mol. The van der Waals surface area contributed by atoms with Gasteiger partial charge in [-0.1, -0.05) is 42.5 Å². The van der Waals surface area contributed by atoms with Gasteiger partial charge in [-0.15, -0.1) is 0 Å². The fourth-order valence-electron chi connectivity index (χ4n) is 4.65. The zero-order valence-corrected chi connectivity index (χ0v) is 17.6. The second-order valence-corrected chi connectivity index (χ2v) is 8.28. The SMILES string of the molecule is COC(=O)c1cccc(CN2CCC3(CC2)NC(C)C(=O)N3Cc2ccccc2)c1. The highest BCUT2D eigenvalue weighted by molar-refractivity contribution is 5.89. The van der Waals surface area contributed by atoms with Crippen LogP contribution in [-0.2, 0) is 22.6 Å². The van der Waals surface area contributed by atoms with Gasteiger partial charge in [0.05, 0.1) is 24.4 Å². The lowest BCUT2D eigenvalue weighted by Crippen LogP contribution is -2.58. The first-order valence-corrected chi connectivity index (χ1v) is 10.5. The van der Waals surface area contributed by atoms with Gasteiger partial charge >= 0.3 is 5.97 Å². The van der Waals surface area contributed by atoms with Gasteiger partial charge in [0.15, 0.2) is 0 Å². The Hall–Kier alpha value is -2.70. The van der Waals surface area contributed by atoms with E-state index in [0.717, 1.165) is 43.6 Å². The summed E-state index contributed by atoms with van der Waals surface area (Å²) in [6.07, 6.45) is 1.76. The van der Waals surface area contributed by atoms with Gasteiger partial charge in [0.1, 0.15) is 0 Å². The number of rotatable bonds is 5. The third kappa shape index (κ3) is 4.11. The van der Waals surface area contributed by atoms with E-state index in [9.17, 15) is 9.59 Å². The number of piperidine rings is 1. The molecule has 158 valence electrons. The number of ether oxygens (including phenoxy) is 1. The number of likely N-dealkylation sites (tertiary alicyclic amines) is 1. The second kappa shape index (κ2) is 8.58. The van der Waals surface area contributed by atoms with Crippen LogP contribution in [0, 0.1) is 0 Å². The molecule has 1 unspecified atom stereocenters. The maximum Gasteiger partial charge on any atom is 0.337 e. The summed E-state index contributed by atoms with van der Waals surface area (Å²) in [6.45, 7) is 5.16. The molecule has 6 nitrogen and oxygen atoms in total. The van der Waals surface area contributed by atoms with Gasteiger partial charge in [0, 0.05) is 26.2 Å². The van der Waals surface area contributed by atoms with Crippen LogP contribution in [0.1, 0.15) is 41.3 Å². The fourth-order valence-corrected chi connectivity index (χ4v) is 4.65. The number of amides is 1. The van der Waals surface area contributed by atoms with Crippen LogP contribution in [0.4, 0.5) is 0 Å². The van der Waals surface area contributed by atoms with Crippen LogP contribution in [-0.4, -0.2) is 53.6 Å². The minimum atomic E-state index is -0.311. The molecule has 0 aliphatic carbocycles. The van der Waals surface area contributed by atoms with E-state index in [1.54, 1.807) is 6.07 Å². The number of benzene rings is 2. The highest BCUT2D eigenvalue weighted by atomic mass is 16.5. The van der Waals surface area contributed by atoms with E-state index >= 15 is 0 Å². The van der Waals surface area contributed by atoms with Gasteiger partial charge in [-0.25, -0.2) is 4.79 Å². The van der Waals surface area contributed by atoms with E-state index in [-0.39, 0.29) is 23.6 Å². The van der Waals surface area contributed by atoms with Crippen molar-refractivity contribution in [2.45, 2.75) is 44.6 Å². The van der Waals surface area contributed by atoms with Crippen LogP contribution in [0.2, 0.25) is 0 Å². The summed E-state index contributed by atoms with van der Waals surface area (Å²) in [6, 6.07) is 17.6. The maximum atomic E-state index is 12.9. The number of hydrogen-bond acceptors (Lipinski definition) is 5. The molecule has 6 heteroatoms. The lowest BCUT2D eigenvalue weighted by molar-refractivity contribution is -0.134. The minimum Gasteiger partial charge on any atom is -0.465 e. The smallest absolute Gasteiger partial charge is 0.337 e. The molecule has 2 saturated heterocycles. The summed E-state index contributed by atoms with van der Waals surface area (Å²) in [5.41, 5.74) is 2.55. The second-order valence-electron chi connectivity index (χ2n) is 8.28. The molecule has 4 rings (SSSR count). The first-order valence-electron chi connectivity index (χ1n) is 10.5. The lowest BCUT2D eigenvalue weighted by atomic mass is 9.95. The normalized spacial score (nSPS) is 21.2. The summed E-state index contributed by atoms with van der Waals surface area (Å²) < 4.78 is 4.83. The molecule has 2 aromatic carbocycles. The Balaban J connectivity index is 1.43. The van der Waals surface area contributed by atoms with Gasteiger partial charge < -0.3 is 9.64 Å². The Bertz CT molecular complexity index is 907. The van der Waals surface area contributed by atoms with Crippen molar-refractivity contribution in [2.24, 2.45) is 0 Å². The zero-order valence-electron chi connectivity index (χ0n) is 17.6. The number of nitrogens with zero attached hydrogens (tertiary/aromatic N) is 2. The van der Waals surface area contributed by atoms with Crippen molar-refractivity contribution in [3.8, 4) is 0 Å². The molecule has 2 aliphatic rings. The van der Waals surface area contributed by atoms with E-state index in [2.05, 4.69) is 22.3 Å². The molecule has 2 heterocycles. The topological polar surface area (TPSA) is 61.9 Å². The summed E-state index contributed by atoms with van der Waals surface area (Å²) in [4.78, 5) is 29.1. The molecule has 2 aliphatic heterocycles. The van der Waals surface area contributed by atoms with E-state index in [1.807, 2.05) is 48.2 Å². The standard InChI is InChI=1S/C24H29N3O3/c1-18-22(28)27(17-19-7-4-3-5-8-19)24(25-18)11-13-26(14-12-24)16-20-9-6-10-21(15-20)23(29)30-2/h3-10,15,18,25H,11-14,16-17H2,1-2H3. The molecule has 0 aromatic heterocycles. The Morgan fingerprint density at radius 1 is 1.07 bits per heavy atom. The lowest BCUT2D eigenvalue weighted by Gasteiger charge is -2.45. The van der Waals surface area contributed by atoms with Gasteiger partial charge in [0.25, 0.3) is 0 Å². The number of hydrogen-bond donors (Lipinski definition) is 1. The van der Waals surface area contributed by atoms with Crippen molar-refractivity contribution in [1.82, 2.24) is 15.1 Å². The summed E-state index contributed by atoms with van der Waals surface area (Å²) in [5, 5.41) is 3.59. The monoisotopic (exact) mass is 407 g/mol. The summed E-state index contributed by atoms with van der Waals surface area (Å²) >= 11 is 0. The van der Waals surface area contributed by atoms with Gasteiger partial charge in [-0.05, 0) is 43.0 Å². The predicted molar refractivity (Wildman–Crippen MR) is 115 cm³/mol. The van der Waals surface area contributed by atoms with Crippen LogP contribution in [0.25, 0.3) is 0 Å². The van der Waals surface area contributed by atoms with Crippen LogP contribution in [0.5, 0.6) is 0 Å². The van der Waals surface area contributed by atoms with E-state index in [1.165, 1.54) is 7.11 Å². The molecule has 2 fully saturated rings. The molecule has 2 aromatic rings. The molecule has 0 bridgehead atoms. The average Bonchev–Trinajstić information content (AvgIpc) is 3.00. The maximum absolute atomic E-state index is 12.9. The Morgan fingerprint density at radius 3 is 2.47 bits per heavy atom. The van der Waals surface area contributed by atoms with Crippen molar-refractivity contribution in [3.05, 3.63) is 71.3 Å². The van der Waals surface area contributed by atoms with Crippen molar-refractivity contribution in [1.29, 1.82) is 0 Å². The third-order valence-corrected chi connectivity index (χ3v) is 6.26. The van der Waals surface area contributed by atoms with Gasteiger partial charge in [0.2, 0.25) is 5.91 Å². The van der Waals surface area contributed by atoms with Crippen LogP contribution >= 0.6 is 0 Å². The van der Waals surface area contributed by atoms with Crippen molar-refractivity contribution in [2.75, 3.05) is 20.2 Å². The number of methoxy groups -OCH3 is 1. The van der Waals surface area contributed by atoms with Gasteiger partial charge in [-0.3, -0.25) is 15.0 Å². The molecule has 1 atom stereocenters. The highest BCUT2D eigenvalue weighted by Crippen LogP contribution is 2.34. The number of carbonyl (C=O) groups excluding carboxylic acids is 2. The van der Waals surface area contributed by atoms with Crippen LogP contribution in [0.3, 0.4) is 0 Å². The summed E-state index contributed by atoms with van der Waals surface area (Å²) in [5.74, 6) is -0.133. The van der Waals surface area contributed by atoms with Crippen LogP contribution in [0.15, 0.2) is 54.6 Å². The zero-order chi connectivity index (χ0) is 21.1. The predicted octanol–water partition coefficient (Wildman–Crippen LogP) is 2.79. The minimum absolute atomic E-state index is 0.156. The summed E-state index contributed by atoms with van der Waals surface area (Å²) in [7, 11) is 1.40. The third-order valence-electron chi connectivity index (χ3n) is 6.26. The molecule has 1 spiro atoms. The largest absolute Gasteiger partial charge is 0.465 e. The first kappa shape index (κ1) is 20.6. The molecular weight excluding hydrogens is 378 g/mol. The molecule has 1 N–H and O–H groups in total. The molecule has 1 amide bonds. The van der Waals surface area contributed by atoms with E-state index < -0.39 is 0 Å². The molecule has 0 radical (unpaired) electrons. The Labute approximate surface area is 177 Å².